The number of para-hydroxylation sites is 1. The number of hydrogen-bond acceptors (Lipinski definition) is 3. The monoisotopic (exact) mass is 329 g/mol. The molecule has 0 aliphatic rings. The highest BCUT2D eigenvalue weighted by atomic mass is 127. The van der Waals surface area contributed by atoms with Gasteiger partial charge in [0.05, 0.1) is 17.6 Å². The topological polar surface area (TPSA) is 50.9 Å². The van der Waals surface area contributed by atoms with Crippen molar-refractivity contribution in [3.63, 3.8) is 0 Å². The molecule has 4 nitrogen and oxygen atoms in total. The van der Waals surface area contributed by atoms with Crippen molar-refractivity contribution >= 4 is 22.6 Å². The average molecular weight is 329 g/mol. The second-order valence-corrected chi connectivity index (χ2v) is 4.60. The number of halogens is 1. The van der Waals surface area contributed by atoms with E-state index in [2.05, 4.69) is 32.9 Å². The summed E-state index contributed by atoms with van der Waals surface area (Å²) in [5.41, 5.74) is 1.94. The summed E-state index contributed by atoms with van der Waals surface area (Å²) in [5.74, 6) is 0. The molecule has 1 N–H and O–H groups in total. The predicted molar refractivity (Wildman–Crippen MR) is 69.5 cm³/mol. The van der Waals surface area contributed by atoms with E-state index < -0.39 is 0 Å². The number of benzene rings is 1. The Morgan fingerprint density at radius 2 is 2.12 bits per heavy atom. The van der Waals surface area contributed by atoms with Gasteiger partial charge in [-0.15, -0.1) is 5.10 Å². The summed E-state index contributed by atoms with van der Waals surface area (Å²) in [6.07, 6.45) is 3.40. The minimum atomic E-state index is 0.190. The van der Waals surface area contributed by atoms with Crippen LogP contribution in [0.2, 0.25) is 0 Å². The Morgan fingerprint density at radius 1 is 1.31 bits per heavy atom. The SMILES string of the molecule is OCCCc1cn(-c2ccccc2I)nn1. The Morgan fingerprint density at radius 3 is 2.88 bits per heavy atom. The van der Waals surface area contributed by atoms with Gasteiger partial charge in [-0.1, -0.05) is 17.3 Å². The quantitative estimate of drug-likeness (QED) is 0.871. The third kappa shape index (κ3) is 2.59. The first-order chi connectivity index (χ1) is 7.81. The van der Waals surface area contributed by atoms with E-state index in [1.165, 1.54) is 0 Å². The van der Waals surface area contributed by atoms with Crippen LogP contribution in [-0.4, -0.2) is 26.7 Å². The molecule has 0 saturated carbocycles. The zero-order valence-electron chi connectivity index (χ0n) is 8.67. The maximum atomic E-state index is 8.74. The van der Waals surface area contributed by atoms with Gasteiger partial charge in [0.15, 0.2) is 0 Å². The van der Waals surface area contributed by atoms with Crippen LogP contribution in [0.1, 0.15) is 12.1 Å². The molecule has 0 spiro atoms. The van der Waals surface area contributed by atoms with Crippen LogP contribution in [0.25, 0.3) is 5.69 Å². The molecule has 0 fully saturated rings. The highest BCUT2D eigenvalue weighted by Gasteiger charge is 2.04. The lowest BCUT2D eigenvalue weighted by molar-refractivity contribution is 0.288. The molecule has 0 radical (unpaired) electrons. The van der Waals surface area contributed by atoms with E-state index in [0.717, 1.165) is 27.8 Å². The normalized spacial score (nSPS) is 10.6. The summed E-state index contributed by atoms with van der Waals surface area (Å²) in [6, 6.07) is 8.01. The van der Waals surface area contributed by atoms with Crippen molar-refractivity contribution in [2.75, 3.05) is 6.61 Å². The maximum absolute atomic E-state index is 8.74. The van der Waals surface area contributed by atoms with Gasteiger partial charge in [0, 0.05) is 10.2 Å². The number of aliphatic hydroxyl groups excluding tert-OH is 1. The second kappa shape index (κ2) is 5.40. The van der Waals surface area contributed by atoms with Crippen LogP contribution in [0.5, 0.6) is 0 Å². The number of nitrogens with zero attached hydrogens (tertiary/aromatic N) is 3. The van der Waals surface area contributed by atoms with E-state index in [0.29, 0.717) is 0 Å². The van der Waals surface area contributed by atoms with Gasteiger partial charge < -0.3 is 5.11 Å². The van der Waals surface area contributed by atoms with Gasteiger partial charge in [-0.3, -0.25) is 0 Å². The standard InChI is InChI=1S/C11H12IN3O/c12-10-5-1-2-6-11(10)15-8-9(13-14-15)4-3-7-16/h1-2,5-6,8,16H,3-4,7H2. The van der Waals surface area contributed by atoms with Gasteiger partial charge in [-0.2, -0.15) is 0 Å². The van der Waals surface area contributed by atoms with Crippen LogP contribution in [-0.2, 0) is 6.42 Å². The van der Waals surface area contributed by atoms with E-state index in [1.54, 1.807) is 4.68 Å². The summed E-state index contributed by atoms with van der Waals surface area (Å²) in [5, 5.41) is 16.9. The molecule has 0 aliphatic heterocycles. The van der Waals surface area contributed by atoms with Gasteiger partial charge in [0.25, 0.3) is 0 Å². The van der Waals surface area contributed by atoms with Crippen molar-refractivity contribution < 1.29 is 5.11 Å². The molecule has 2 aromatic rings. The average Bonchev–Trinajstić information content (AvgIpc) is 2.75. The van der Waals surface area contributed by atoms with E-state index in [4.69, 9.17) is 5.11 Å². The van der Waals surface area contributed by atoms with Crippen LogP contribution < -0.4 is 0 Å². The molecule has 16 heavy (non-hydrogen) atoms. The molecule has 1 heterocycles. The molecular formula is C11H12IN3O. The largest absolute Gasteiger partial charge is 0.396 e. The fourth-order valence-corrected chi connectivity index (χ4v) is 2.06. The lowest BCUT2D eigenvalue weighted by Crippen LogP contribution is -1.97. The molecule has 0 unspecified atom stereocenters. The van der Waals surface area contributed by atoms with Crippen LogP contribution in [0.15, 0.2) is 30.5 Å². The van der Waals surface area contributed by atoms with E-state index in [9.17, 15) is 0 Å². The van der Waals surface area contributed by atoms with Crippen molar-refractivity contribution in [3.8, 4) is 5.69 Å². The fraction of sp³-hybridized carbons (Fsp3) is 0.273. The zero-order chi connectivity index (χ0) is 11.4. The third-order valence-corrected chi connectivity index (χ3v) is 3.14. The molecule has 0 aliphatic carbocycles. The predicted octanol–water partition coefficient (Wildman–Crippen LogP) is 1.80. The van der Waals surface area contributed by atoms with Gasteiger partial charge in [-0.25, -0.2) is 4.68 Å². The smallest absolute Gasteiger partial charge is 0.0832 e. The van der Waals surface area contributed by atoms with E-state index in [-0.39, 0.29) is 6.61 Å². The van der Waals surface area contributed by atoms with Crippen LogP contribution in [0.4, 0.5) is 0 Å². The molecule has 0 bridgehead atoms. The van der Waals surface area contributed by atoms with Gasteiger partial charge in [0.1, 0.15) is 0 Å². The fourth-order valence-electron chi connectivity index (χ4n) is 1.43. The zero-order valence-corrected chi connectivity index (χ0v) is 10.8. The Balaban J connectivity index is 2.22. The highest BCUT2D eigenvalue weighted by Crippen LogP contribution is 2.15. The summed E-state index contributed by atoms with van der Waals surface area (Å²) in [7, 11) is 0. The Labute approximate surface area is 107 Å². The van der Waals surface area contributed by atoms with E-state index in [1.807, 2.05) is 30.5 Å². The summed E-state index contributed by atoms with van der Waals surface area (Å²) in [6.45, 7) is 0.190. The maximum Gasteiger partial charge on any atom is 0.0832 e. The van der Waals surface area contributed by atoms with Crippen molar-refractivity contribution in [3.05, 3.63) is 39.7 Å². The number of aliphatic hydroxyl groups is 1. The van der Waals surface area contributed by atoms with Gasteiger partial charge in [0.2, 0.25) is 0 Å². The molecule has 1 aromatic carbocycles. The lowest BCUT2D eigenvalue weighted by atomic mass is 10.2. The van der Waals surface area contributed by atoms with E-state index >= 15 is 0 Å². The molecular weight excluding hydrogens is 317 g/mol. The number of hydrogen-bond donors (Lipinski definition) is 1. The summed E-state index contributed by atoms with van der Waals surface area (Å²) >= 11 is 2.27. The Hall–Kier alpha value is -0.950. The van der Waals surface area contributed by atoms with Gasteiger partial charge >= 0.3 is 0 Å². The summed E-state index contributed by atoms with van der Waals surface area (Å²) in [4.78, 5) is 0. The molecule has 0 saturated heterocycles. The number of rotatable bonds is 4. The van der Waals surface area contributed by atoms with Crippen LogP contribution >= 0.6 is 22.6 Å². The molecule has 5 heteroatoms. The molecule has 84 valence electrons. The minimum absolute atomic E-state index is 0.190. The third-order valence-electron chi connectivity index (χ3n) is 2.23. The van der Waals surface area contributed by atoms with Gasteiger partial charge in [-0.05, 0) is 47.6 Å². The minimum Gasteiger partial charge on any atom is -0.396 e. The molecule has 2 rings (SSSR count). The number of aryl methyl sites for hydroxylation is 1. The summed E-state index contributed by atoms with van der Waals surface area (Å²) < 4.78 is 2.91. The first-order valence-corrected chi connectivity index (χ1v) is 6.16. The van der Waals surface area contributed by atoms with Crippen molar-refractivity contribution in [1.29, 1.82) is 0 Å². The molecule has 1 aromatic heterocycles. The van der Waals surface area contributed by atoms with Crippen molar-refractivity contribution in [2.24, 2.45) is 0 Å². The molecule has 0 atom stereocenters. The van der Waals surface area contributed by atoms with Crippen LogP contribution in [0, 0.1) is 3.57 Å². The Bertz CT molecular complexity index is 470. The number of aromatic nitrogens is 3. The molecule has 0 amide bonds. The van der Waals surface area contributed by atoms with Crippen molar-refractivity contribution in [1.82, 2.24) is 15.0 Å². The second-order valence-electron chi connectivity index (χ2n) is 3.43. The lowest BCUT2D eigenvalue weighted by Gasteiger charge is -2.01. The Kier molecular flexibility index (Phi) is 3.89. The highest BCUT2D eigenvalue weighted by molar-refractivity contribution is 14.1. The van der Waals surface area contributed by atoms with Crippen LogP contribution in [0.3, 0.4) is 0 Å². The first kappa shape index (κ1) is 11.5. The first-order valence-electron chi connectivity index (χ1n) is 5.08. The van der Waals surface area contributed by atoms with Crippen molar-refractivity contribution in [2.45, 2.75) is 12.8 Å².